The zero-order valence-electron chi connectivity index (χ0n) is 9.63. The van der Waals surface area contributed by atoms with Crippen LogP contribution in [0.3, 0.4) is 0 Å². The lowest BCUT2D eigenvalue weighted by atomic mass is 10.0. The van der Waals surface area contributed by atoms with E-state index in [2.05, 4.69) is 11.1 Å². The monoisotopic (exact) mass is 216 g/mol. The molecule has 0 spiro atoms. The molecule has 16 heavy (non-hydrogen) atoms. The maximum absolute atomic E-state index is 11.8. The largest absolute Gasteiger partial charge is 0.360 e. The number of Topliss-reactive ketones (excluding diaryl/α,β-unsaturated/α-hetero) is 1. The summed E-state index contributed by atoms with van der Waals surface area (Å²) in [6, 6.07) is 4.15. The minimum atomic E-state index is 0.110. The van der Waals surface area contributed by atoms with E-state index in [1.54, 1.807) is 6.20 Å². The van der Waals surface area contributed by atoms with Crippen LogP contribution in [0.15, 0.2) is 18.3 Å². The average molecular weight is 216 g/mol. The van der Waals surface area contributed by atoms with Gasteiger partial charge < -0.3 is 10.7 Å². The fourth-order valence-corrected chi connectivity index (χ4v) is 2.09. The molecule has 0 unspecified atom stereocenters. The topological polar surface area (TPSA) is 58.9 Å². The normalized spacial score (nSPS) is 10.9. The number of nitrogens with one attached hydrogen (secondary N) is 1. The molecule has 84 valence electrons. The van der Waals surface area contributed by atoms with Crippen LogP contribution < -0.4 is 5.73 Å². The van der Waals surface area contributed by atoms with Crippen LogP contribution in [0.5, 0.6) is 0 Å². The van der Waals surface area contributed by atoms with Crippen LogP contribution in [0.2, 0.25) is 0 Å². The summed E-state index contributed by atoms with van der Waals surface area (Å²) in [5.41, 5.74) is 9.55. The summed E-state index contributed by atoms with van der Waals surface area (Å²) >= 11 is 0. The second-order valence-electron chi connectivity index (χ2n) is 4.17. The highest BCUT2D eigenvalue weighted by molar-refractivity contribution is 6.08. The Morgan fingerprint density at radius 3 is 2.81 bits per heavy atom. The first-order chi connectivity index (χ1) is 7.63. The molecule has 0 fully saturated rings. The van der Waals surface area contributed by atoms with E-state index < -0.39 is 0 Å². The number of nitrogens with two attached hydrogens (primary N) is 1. The molecule has 3 nitrogen and oxygen atoms in total. The minimum Gasteiger partial charge on any atom is -0.360 e. The molecule has 2 rings (SSSR count). The van der Waals surface area contributed by atoms with Gasteiger partial charge in [0, 0.05) is 29.1 Å². The number of rotatable bonds is 3. The Hall–Kier alpha value is -1.61. The first-order valence-corrected chi connectivity index (χ1v) is 5.45. The van der Waals surface area contributed by atoms with Gasteiger partial charge in [-0.25, -0.2) is 0 Å². The Bertz CT molecular complexity index is 540. The summed E-state index contributed by atoms with van der Waals surface area (Å²) in [4.78, 5) is 15.0. The number of carbonyl (C=O) groups excluding carboxylic acids is 1. The quantitative estimate of drug-likeness (QED) is 0.773. The van der Waals surface area contributed by atoms with Crippen molar-refractivity contribution in [3.05, 3.63) is 35.0 Å². The highest BCUT2D eigenvalue weighted by atomic mass is 16.1. The number of hydrogen-bond acceptors (Lipinski definition) is 2. The molecule has 3 heteroatoms. The number of hydrogen-bond donors (Lipinski definition) is 2. The van der Waals surface area contributed by atoms with Crippen LogP contribution in [0.4, 0.5) is 0 Å². The standard InChI is InChI=1S/C13H16N2O/c1-8-5-9(2)13-10(6-8)11(7-15-13)12(16)3-4-14/h5-7,15H,3-4,14H2,1-2H3. The van der Waals surface area contributed by atoms with Gasteiger partial charge in [0.05, 0.1) is 0 Å². The number of aromatic amines is 1. The van der Waals surface area contributed by atoms with Gasteiger partial charge in [-0.3, -0.25) is 4.79 Å². The van der Waals surface area contributed by atoms with E-state index in [1.165, 1.54) is 11.1 Å². The average Bonchev–Trinajstić information content (AvgIpc) is 2.61. The van der Waals surface area contributed by atoms with Gasteiger partial charge in [0.15, 0.2) is 5.78 Å². The highest BCUT2D eigenvalue weighted by Gasteiger charge is 2.12. The lowest BCUT2D eigenvalue weighted by molar-refractivity contribution is 0.0987. The molecule has 2 aromatic rings. The molecule has 3 N–H and O–H groups in total. The second-order valence-corrected chi connectivity index (χ2v) is 4.17. The summed E-state index contributed by atoms with van der Waals surface area (Å²) in [7, 11) is 0. The molecule has 0 atom stereocenters. The smallest absolute Gasteiger partial charge is 0.166 e. The fourth-order valence-electron chi connectivity index (χ4n) is 2.09. The summed E-state index contributed by atoms with van der Waals surface area (Å²) in [6.45, 7) is 4.48. The Morgan fingerprint density at radius 2 is 2.12 bits per heavy atom. The first kappa shape index (κ1) is 10.9. The van der Waals surface area contributed by atoms with Gasteiger partial charge in [-0.05, 0) is 32.0 Å². The van der Waals surface area contributed by atoms with Crippen LogP contribution in [-0.2, 0) is 0 Å². The Labute approximate surface area is 94.6 Å². The SMILES string of the molecule is Cc1cc(C)c2[nH]cc(C(=O)CCN)c2c1. The van der Waals surface area contributed by atoms with Crippen molar-refractivity contribution in [3.63, 3.8) is 0 Å². The Kier molecular flexibility index (Phi) is 2.79. The van der Waals surface area contributed by atoms with E-state index in [0.29, 0.717) is 13.0 Å². The van der Waals surface area contributed by atoms with Crippen molar-refractivity contribution < 1.29 is 4.79 Å². The van der Waals surface area contributed by atoms with Crippen LogP contribution in [0.1, 0.15) is 27.9 Å². The zero-order chi connectivity index (χ0) is 11.7. The van der Waals surface area contributed by atoms with Crippen LogP contribution in [0, 0.1) is 13.8 Å². The number of benzene rings is 1. The first-order valence-electron chi connectivity index (χ1n) is 5.45. The van der Waals surface area contributed by atoms with E-state index in [4.69, 9.17) is 5.73 Å². The molecule has 0 aliphatic carbocycles. The van der Waals surface area contributed by atoms with Crippen LogP contribution in [-0.4, -0.2) is 17.3 Å². The number of carbonyl (C=O) groups is 1. The van der Waals surface area contributed by atoms with Crippen LogP contribution >= 0.6 is 0 Å². The summed E-state index contributed by atoms with van der Waals surface area (Å²) < 4.78 is 0. The molecule has 0 saturated carbocycles. The third-order valence-electron chi connectivity index (χ3n) is 2.80. The molecule has 0 aliphatic heterocycles. The molecule has 0 radical (unpaired) electrons. The van der Waals surface area contributed by atoms with Crippen LogP contribution in [0.25, 0.3) is 10.9 Å². The highest BCUT2D eigenvalue weighted by Crippen LogP contribution is 2.24. The van der Waals surface area contributed by atoms with Gasteiger partial charge in [0.2, 0.25) is 0 Å². The van der Waals surface area contributed by atoms with Crippen molar-refractivity contribution in [1.29, 1.82) is 0 Å². The Balaban J connectivity index is 2.60. The molecule has 1 aromatic carbocycles. The van der Waals surface area contributed by atoms with E-state index in [1.807, 2.05) is 19.9 Å². The lowest BCUT2D eigenvalue weighted by Crippen LogP contribution is -2.07. The molecular weight excluding hydrogens is 200 g/mol. The van der Waals surface area contributed by atoms with Crippen molar-refractivity contribution in [1.82, 2.24) is 4.98 Å². The maximum Gasteiger partial charge on any atom is 0.166 e. The molecular formula is C13H16N2O. The van der Waals surface area contributed by atoms with E-state index in [9.17, 15) is 4.79 Å². The molecule has 0 aliphatic rings. The molecule has 0 amide bonds. The molecule has 0 saturated heterocycles. The summed E-state index contributed by atoms with van der Waals surface area (Å²) in [5.74, 6) is 0.110. The van der Waals surface area contributed by atoms with Gasteiger partial charge in [-0.2, -0.15) is 0 Å². The third-order valence-corrected chi connectivity index (χ3v) is 2.80. The summed E-state index contributed by atoms with van der Waals surface area (Å²) in [5, 5.41) is 1.01. The van der Waals surface area contributed by atoms with Crippen molar-refractivity contribution in [2.75, 3.05) is 6.54 Å². The van der Waals surface area contributed by atoms with Gasteiger partial charge in [0.1, 0.15) is 0 Å². The van der Waals surface area contributed by atoms with E-state index in [-0.39, 0.29) is 5.78 Å². The molecule has 1 aromatic heterocycles. The Morgan fingerprint density at radius 1 is 1.38 bits per heavy atom. The van der Waals surface area contributed by atoms with Crippen molar-refractivity contribution in [2.45, 2.75) is 20.3 Å². The van der Waals surface area contributed by atoms with Crippen molar-refractivity contribution in [3.8, 4) is 0 Å². The van der Waals surface area contributed by atoms with Crippen molar-refractivity contribution in [2.24, 2.45) is 5.73 Å². The predicted molar refractivity (Wildman–Crippen MR) is 65.8 cm³/mol. The van der Waals surface area contributed by atoms with Gasteiger partial charge in [-0.1, -0.05) is 11.6 Å². The third kappa shape index (κ3) is 1.74. The van der Waals surface area contributed by atoms with E-state index >= 15 is 0 Å². The fraction of sp³-hybridized carbons (Fsp3) is 0.308. The van der Waals surface area contributed by atoms with Crippen molar-refractivity contribution >= 4 is 16.7 Å². The zero-order valence-corrected chi connectivity index (χ0v) is 9.63. The van der Waals surface area contributed by atoms with Gasteiger partial charge in [-0.15, -0.1) is 0 Å². The number of aryl methyl sites for hydroxylation is 2. The van der Waals surface area contributed by atoms with Gasteiger partial charge >= 0.3 is 0 Å². The number of fused-ring (bicyclic) bond motifs is 1. The second kappa shape index (κ2) is 4.10. The lowest BCUT2D eigenvalue weighted by Gasteiger charge is -2.01. The number of H-pyrrole nitrogens is 1. The molecule has 1 heterocycles. The predicted octanol–water partition coefficient (Wildman–Crippen LogP) is 2.32. The minimum absolute atomic E-state index is 0.110. The van der Waals surface area contributed by atoms with E-state index in [0.717, 1.165) is 16.5 Å². The summed E-state index contributed by atoms with van der Waals surface area (Å²) in [6.07, 6.45) is 2.19. The van der Waals surface area contributed by atoms with Gasteiger partial charge in [0.25, 0.3) is 0 Å². The molecule has 0 bridgehead atoms. The number of ketones is 1. The maximum atomic E-state index is 11.8. The number of aromatic nitrogens is 1.